The van der Waals surface area contributed by atoms with Crippen molar-refractivity contribution in [3.63, 3.8) is 0 Å². The number of aromatic amines is 1. The van der Waals surface area contributed by atoms with Gasteiger partial charge in [0.15, 0.2) is 5.82 Å². The monoisotopic (exact) mass is 506 g/mol. The molecule has 0 aliphatic heterocycles. The van der Waals surface area contributed by atoms with E-state index in [1.54, 1.807) is 36.4 Å². The van der Waals surface area contributed by atoms with Crippen molar-refractivity contribution in [2.45, 2.75) is 20.0 Å². The van der Waals surface area contributed by atoms with E-state index >= 15 is 0 Å². The Hall–Kier alpha value is -3.00. The molecule has 1 heterocycles. The first kappa shape index (κ1) is 23.2. The van der Waals surface area contributed by atoms with E-state index in [1.165, 1.54) is 12.1 Å². The summed E-state index contributed by atoms with van der Waals surface area (Å²) < 4.78 is 20.3. The fourth-order valence-electron chi connectivity index (χ4n) is 3.15. The third kappa shape index (κ3) is 5.16. The first-order valence-electron chi connectivity index (χ1n) is 9.89. The molecule has 4 aromatic rings. The minimum Gasteiger partial charge on any atom is -0.490 e. The molecule has 0 radical (unpaired) electrons. The molecule has 3 aromatic carbocycles. The van der Waals surface area contributed by atoms with Gasteiger partial charge in [0.25, 0.3) is 5.91 Å². The van der Waals surface area contributed by atoms with E-state index in [0.717, 1.165) is 0 Å². The van der Waals surface area contributed by atoms with Gasteiger partial charge in [-0.15, -0.1) is 0 Å². The van der Waals surface area contributed by atoms with E-state index in [-0.39, 0.29) is 33.7 Å². The molecule has 0 saturated heterocycles. The van der Waals surface area contributed by atoms with Crippen molar-refractivity contribution in [1.29, 1.82) is 0 Å². The summed E-state index contributed by atoms with van der Waals surface area (Å²) in [7, 11) is 0. The number of fused-ring (bicyclic) bond motifs is 1. The zero-order valence-corrected chi connectivity index (χ0v) is 19.7. The maximum absolute atomic E-state index is 14.4. The van der Waals surface area contributed by atoms with Crippen LogP contribution in [0.1, 0.15) is 24.2 Å². The summed E-state index contributed by atoms with van der Waals surface area (Å²) >= 11 is 18.0. The van der Waals surface area contributed by atoms with Gasteiger partial charge in [-0.3, -0.25) is 4.79 Å². The Balaban J connectivity index is 1.71. The van der Waals surface area contributed by atoms with Crippen LogP contribution in [-0.4, -0.2) is 22.0 Å². The van der Waals surface area contributed by atoms with Crippen molar-refractivity contribution >= 4 is 69.1 Å². The van der Waals surface area contributed by atoms with Gasteiger partial charge < -0.3 is 20.4 Å². The number of amides is 1. The van der Waals surface area contributed by atoms with Gasteiger partial charge >= 0.3 is 0 Å². The lowest BCUT2D eigenvalue weighted by molar-refractivity contribution is 0.102. The Morgan fingerprint density at radius 2 is 1.85 bits per heavy atom. The lowest BCUT2D eigenvalue weighted by atomic mass is 10.1. The molecule has 3 N–H and O–H groups in total. The largest absolute Gasteiger partial charge is 0.490 e. The smallest absolute Gasteiger partial charge is 0.259 e. The van der Waals surface area contributed by atoms with E-state index in [0.29, 0.717) is 33.1 Å². The highest BCUT2D eigenvalue weighted by molar-refractivity contribution is 6.35. The van der Waals surface area contributed by atoms with Crippen LogP contribution in [0, 0.1) is 5.82 Å². The zero-order chi connectivity index (χ0) is 23.7. The molecule has 0 aliphatic rings. The molecule has 0 saturated carbocycles. The van der Waals surface area contributed by atoms with Gasteiger partial charge in [-0.1, -0.05) is 40.9 Å². The first-order chi connectivity index (χ1) is 15.7. The van der Waals surface area contributed by atoms with Crippen LogP contribution in [0.3, 0.4) is 0 Å². The zero-order valence-electron chi connectivity index (χ0n) is 17.5. The second kappa shape index (κ2) is 9.47. The number of hydrogen-bond donors (Lipinski definition) is 3. The number of ether oxygens (including phenoxy) is 1. The molecule has 1 amide bonds. The third-order valence-electron chi connectivity index (χ3n) is 4.56. The molecule has 33 heavy (non-hydrogen) atoms. The van der Waals surface area contributed by atoms with Crippen LogP contribution < -0.4 is 15.4 Å². The minimum absolute atomic E-state index is 0.0131. The van der Waals surface area contributed by atoms with Crippen molar-refractivity contribution in [3.05, 3.63) is 75.0 Å². The highest BCUT2D eigenvalue weighted by Crippen LogP contribution is 2.33. The number of imidazole rings is 1. The van der Waals surface area contributed by atoms with E-state index in [1.807, 2.05) is 13.8 Å². The fourth-order valence-corrected chi connectivity index (χ4v) is 3.69. The standard InChI is InChI=1S/C23H18Cl3FN4O2/c1-11(2)33-19-10-18-17(9-14(19)22(32)28-13-5-3-4-12(24)8-13)29-23(30-18)31-21-16(26)7-6-15(25)20(21)27/h3-11H,1-2H3,(H,28,32)(H2,29,30,31). The van der Waals surface area contributed by atoms with Crippen LogP contribution in [0.25, 0.3) is 11.0 Å². The Morgan fingerprint density at radius 3 is 2.58 bits per heavy atom. The number of anilines is 3. The summed E-state index contributed by atoms with van der Waals surface area (Å²) in [6, 6.07) is 12.9. The van der Waals surface area contributed by atoms with Gasteiger partial charge in [-0.25, -0.2) is 9.37 Å². The number of rotatable bonds is 6. The molecule has 0 fully saturated rings. The summed E-state index contributed by atoms with van der Waals surface area (Å²) in [4.78, 5) is 20.5. The van der Waals surface area contributed by atoms with Crippen LogP contribution in [0.4, 0.5) is 21.7 Å². The van der Waals surface area contributed by atoms with Crippen LogP contribution in [-0.2, 0) is 0 Å². The van der Waals surface area contributed by atoms with E-state index < -0.39 is 5.82 Å². The van der Waals surface area contributed by atoms with Crippen LogP contribution >= 0.6 is 34.8 Å². The van der Waals surface area contributed by atoms with Gasteiger partial charge in [-0.05, 0) is 50.2 Å². The van der Waals surface area contributed by atoms with Crippen LogP contribution in [0.5, 0.6) is 5.75 Å². The number of carbonyl (C=O) groups is 1. The average Bonchev–Trinajstić information content (AvgIpc) is 3.14. The Kier molecular flexibility index (Phi) is 6.65. The van der Waals surface area contributed by atoms with Crippen LogP contribution in [0.15, 0.2) is 48.5 Å². The molecule has 0 unspecified atom stereocenters. The predicted molar refractivity (Wildman–Crippen MR) is 131 cm³/mol. The molecule has 0 atom stereocenters. The number of halogens is 4. The Labute approximate surface area is 204 Å². The molecular formula is C23H18Cl3FN4O2. The average molecular weight is 508 g/mol. The number of benzene rings is 3. The quantitative estimate of drug-likeness (QED) is 0.237. The normalized spacial score (nSPS) is 11.1. The minimum atomic E-state index is -0.699. The second-order valence-corrected chi connectivity index (χ2v) is 8.68. The maximum Gasteiger partial charge on any atom is 0.259 e. The molecule has 170 valence electrons. The van der Waals surface area contributed by atoms with Crippen molar-refractivity contribution in [1.82, 2.24) is 9.97 Å². The van der Waals surface area contributed by atoms with Crippen molar-refractivity contribution in [2.75, 3.05) is 10.6 Å². The first-order valence-corrected chi connectivity index (χ1v) is 11.0. The second-order valence-electron chi connectivity index (χ2n) is 7.43. The molecule has 0 bridgehead atoms. The number of carbonyl (C=O) groups excluding carboxylic acids is 1. The summed E-state index contributed by atoms with van der Waals surface area (Å²) in [5, 5.41) is 6.18. The summed E-state index contributed by atoms with van der Waals surface area (Å²) in [6.45, 7) is 3.70. The molecule has 0 aliphatic carbocycles. The molecule has 0 spiro atoms. The van der Waals surface area contributed by atoms with Crippen molar-refractivity contribution in [3.8, 4) is 5.75 Å². The molecule has 4 rings (SSSR count). The number of hydrogen-bond acceptors (Lipinski definition) is 4. The van der Waals surface area contributed by atoms with E-state index in [2.05, 4.69) is 20.6 Å². The van der Waals surface area contributed by atoms with Gasteiger partial charge in [0.05, 0.1) is 38.4 Å². The predicted octanol–water partition coefficient (Wildman–Crippen LogP) is 7.45. The summed E-state index contributed by atoms with van der Waals surface area (Å²) in [5.41, 5.74) is 1.86. The van der Waals surface area contributed by atoms with E-state index in [9.17, 15) is 9.18 Å². The topological polar surface area (TPSA) is 79.0 Å². The molecule has 10 heteroatoms. The lowest BCUT2D eigenvalue weighted by Crippen LogP contribution is -2.16. The summed E-state index contributed by atoms with van der Waals surface area (Å²) in [5.74, 6) is -0.518. The van der Waals surface area contributed by atoms with Crippen LogP contribution in [0.2, 0.25) is 15.1 Å². The highest BCUT2D eigenvalue weighted by Gasteiger charge is 2.19. The van der Waals surface area contributed by atoms with Gasteiger partial charge in [-0.2, -0.15) is 0 Å². The van der Waals surface area contributed by atoms with Gasteiger partial charge in [0.1, 0.15) is 5.75 Å². The number of nitrogens with zero attached hydrogens (tertiary/aromatic N) is 1. The highest BCUT2D eigenvalue weighted by atomic mass is 35.5. The van der Waals surface area contributed by atoms with E-state index in [4.69, 9.17) is 39.5 Å². The van der Waals surface area contributed by atoms with Gasteiger partial charge in [0.2, 0.25) is 5.95 Å². The summed E-state index contributed by atoms with van der Waals surface area (Å²) in [6.07, 6.45) is -0.184. The number of aromatic nitrogens is 2. The number of H-pyrrole nitrogens is 1. The number of nitrogens with one attached hydrogen (secondary N) is 3. The fraction of sp³-hybridized carbons (Fsp3) is 0.130. The Morgan fingerprint density at radius 1 is 1.09 bits per heavy atom. The third-order valence-corrected chi connectivity index (χ3v) is 5.40. The molecule has 6 nitrogen and oxygen atoms in total. The lowest BCUT2D eigenvalue weighted by Gasteiger charge is -2.14. The molecular weight excluding hydrogens is 490 g/mol. The SMILES string of the molecule is CC(C)Oc1cc2nc(Nc3c(Cl)ccc(Cl)c3F)[nH]c2cc1C(=O)Nc1cccc(Cl)c1. The Bertz CT molecular complexity index is 1360. The van der Waals surface area contributed by atoms with Crippen molar-refractivity contribution < 1.29 is 13.9 Å². The van der Waals surface area contributed by atoms with Crippen molar-refractivity contribution in [2.24, 2.45) is 0 Å². The molecule has 1 aromatic heterocycles. The maximum atomic E-state index is 14.4. The van der Waals surface area contributed by atoms with Gasteiger partial charge in [0, 0.05) is 16.8 Å².